The minimum absolute atomic E-state index is 0.0122. The molecule has 5 rings (SSSR count). The molecule has 4 N–H and O–H groups in total. The van der Waals surface area contributed by atoms with Crippen LogP contribution in [0.4, 0.5) is 22.7 Å². The maximum absolute atomic E-state index is 13.6. The molecular weight excluding hydrogens is 694 g/mol. The fourth-order valence-electron chi connectivity index (χ4n) is 4.71. The maximum Gasteiger partial charge on any atom is 0.316 e. The van der Waals surface area contributed by atoms with E-state index < -0.39 is 42.0 Å². The first-order valence-electron chi connectivity index (χ1n) is 13.9. The standard InChI is InChI=1S/C29H30ClN5O9S3/c1-17-13-23(25(36)14-18(17)2)33-45(38)44-26-15-19(7-8-21(26)30)31-32-24-16-27(47(41,42)35-9-11-43-12-10-35)29(37)20-5-4-6-22(28(20)24)34-46(3,39)40/h4-8,13-16,33-34,36-37H,9-12H2,1-3H3. The van der Waals surface area contributed by atoms with E-state index in [9.17, 15) is 31.3 Å². The van der Waals surface area contributed by atoms with Gasteiger partial charge in [0.05, 0.1) is 47.2 Å². The highest BCUT2D eigenvalue weighted by Gasteiger charge is 2.31. The molecule has 0 aliphatic carbocycles. The number of aromatic hydroxyl groups is 2. The number of hydrogen-bond acceptors (Lipinski definition) is 11. The van der Waals surface area contributed by atoms with E-state index in [1.165, 1.54) is 46.8 Å². The third kappa shape index (κ3) is 7.77. The van der Waals surface area contributed by atoms with Crippen LogP contribution in [0.15, 0.2) is 69.7 Å². The number of sulfonamides is 2. The summed E-state index contributed by atoms with van der Waals surface area (Å²) >= 11 is 4.08. The SMILES string of the molecule is Cc1cc(O)c(NS(=O)Oc2cc(N=Nc3cc(S(=O)(=O)N4CCOCC4)c(O)c4cccc(NS(C)(=O)=O)c34)ccc2Cl)cc1C. The lowest BCUT2D eigenvalue weighted by Gasteiger charge is -2.26. The van der Waals surface area contributed by atoms with Gasteiger partial charge >= 0.3 is 11.3 Å². The molecule has 1 saturated heterocycles. The number of ether oxygens (including phenoxy) is 1. The van der Waals surface area contributed by atoms with Crippen LogP contribution in [0.2, 0.25) is 5.02 Å². The Hall–Kier alpha value is -4.00. The van der Waals surface area contributed by atoms with E-state index in [1.807, 2.05) is 13.8 Å². The molecule has 1 aliphatic rings. The van der Waals surface area contributed by atoms with Crippen molar-refractivity contribution < 1.29 is 40.2 Å². The number of halogens is 1. The van der Waals surface area contributed by atoms with Gasteiger partial charge in [0.25, 0.3) is 0 Å². The van der Waals surface area contributed by atoms with Crippen molar-refractivity contribution >= 4 is 76.4 Å². The third-order valence-electron chi connectivity index (χ3n) is 7.12. The second-order valence-electron chi connectivity index (χ2n) is 10.5. The van der Waals surface area contributed by atoms with Crippen molar-refractivity contribution in [3.8, 4) is 17.2 Å². The van der Waals surface area contributed by atoms with Crippen molar-refractivity contribution in [2.45, 2.75) is 18.7 Å². The number of azo groups is 1. The number of nitrogens with one attached hydrogen (secondary N) is 2. The third-order valence-corrected chi connectivity index (χ3v) is 10.7. The van der Waals surface area contributed by atoms with Gasteiger partial charge in [0.2, 0.25) is 20.0 Å². The molecule has 250 valence electrons. The summed E-state index contributed by atoms with van der Waals surface area (Å²) in [6, 6.07) is 12.8. The number of aryl methyl sites for hydroxylation is 2. The van der Waals surface area contributed by atoms with Gasteiger partial charge in [-0.2, -0.15) is 13.6 Å². The molecule has 1 fully saturated rings. The van der Waals surface area contributed by atoms with Crippen molar-refractivity contribution in [1.29, 1.82) is 0 Å². The van der Waals surface area contributed by atoms with Crippen molar-refractivity contribution in [3.63, 3.8) is 0 Å². The Bertz CT molecular complexity index is 2140. The van der Waals surface area contributed by atoms with Crippen LogP contribution >= 0.6 is 11.6 Å². The smallest absolute Gasteiger partial charge is 0.316 e. The van der Waals surface area contributed by atoms with Crippen LogP contribution in [0.3, 0.4) is 0 Å². The molecule has 0 amide bonds. The summed E-state index contributed by atoms with van der Waals surface area (Å²) in [5.41, 5.74) is 1.96. The molecule has 1 heterocycles. The average molecular weight is 724 g/mol. The van der Waals surface area contributed by atoms with Crippen LogP contribution in [0.1, 0.15) is 11.1 Å². The lowest BCUT2D eigenvalue weighted by Crippen LogP contribution is -2.40. The molecule has 0 bridgehead atoms. The van der Waals surface area contributed by atoms with Gasteiger partial charge in [0.15, 0.2) is 5.75 Å². The highest BCUT2D eigenvalue weighted by molar-refractivity contribution is 7.92. The van der Waals surface area contributed by atoms with Crippen molar-refractivity contribution in [1.82, 2.24) is 4.31 Å². The number of nitrogens with zero attached hydrogens (tertiary/aromatic N) is 3. The maximum atomic E-state index is 13.6. The van der Waals surface area contributed by atoms with Gasteiger partial charge in [-0.3, -0.25) is 9.44 Å². The molecule has 0 radical (unpaired) electrons. The van der Waals surface area contributed by atoms with Gasteiger partial charge in [0.1, 0.15) is 16.4 Å². The Balaban J connectivity index is 1.54. The normalized spacial score (nSPS) is 15.1. The zero-order valence-corrected chi connectivity index (χ0v) is 28.4. The van der Waals surface area contributed by atoms with E-state index >= 15 is 0 Å². The number of benzene rings is 4. The molecule has 0 spiro atoms. The minimum Gasteiger partial charge on any atom is -0.506 e. The summed E-state index contributed by atoms with van der Waals surface area (Å²) < 4.78 is 81.2. The van der Waals surface area contributed by atoms with Gasteiger partial charge in [-0.1, -0.05) is 23.7 Å². The molecule has 14 nitrogen and oxygen atoms in total. The summed E-state index contributed by atoms with van der Waals surface area (Å²) in [5, 5.41) is 30.0. The van der Waals surface area contributed by atoms with Gasteiger partial charge in [0, 0.05) is 29.9 Å². The van der Waals surface area contributed by atoms with E-state index in [1.54, 1.807) is 6.07 Å². The first-order chi connectivity index (χ1) is 22.1. The van der Waals surface area contributed by atoms with Crippen LogP contribution < -0.4 is 13.6 Å². The van der Waals surface area contributed by atoms with Gasteiger partial charge in [-0.25, -0.2) is 16.8 Å². The molecule has 0 saturated carbocycles. The quantitative estimate of drug-likeness (QED) is 0.122. The highest BCUT2D eigenvalue weighted by Crippen LogP contribution is 2.44. The summed E-state index contributed by atoms with van der Waals surface area (Å²) in [6.45, 7) is 4.14. The number of morpholine rings is 1. The summed E-state index contributed by atoms with van der Waals surface area (Å²) in [6.07, 6.45) is 0.944. The molecule has 4 aromatic carbocycles. The van der Waals surface area contributed by atoms with Gasteiger partial charge < -0.3 is 19.1 Å². The van der Waals surface area contributed by atoms with Crippen LogP contribution in [-0.4, -0.2) is 68.1 Å². The molecule has 1 atom stereocenters. The van der Waals surface area contributed by atoms with Crippen LogP contribution in [0.25, 0.3) is 10.8 Å². The molecule has 4 aromatic rings. The van der Waals surface area contributed by atoms with E-state index in [2.05, 4.69) is 19.7 Å². The zero-order valence-electron chi connectivity index (χ0n) is 25.2. The van der Waals surface area contributed by atoms with Crippen LogP contribution in [-0.2, 0) is 36.0 Å². The Morgan fingerprint density at radius 3 is 2.36 bits per heavy atom. The average Bonchev–Trinajstić information content (AvgIpc) is 3.00. The van der Waals surface area contributed by atoms with Crippen LogP contribution in [0, 0.1) is 13.8 Å². The summed E-state index contributed by atoms with van der Waals surface area (Å²) in [5.74, 6) is -0.767. The molecule has 18 heteroatoms. The molecule has 1 unspecified atom stereocenters. The van der Waals surface area contributed by atoms with Crippen LogP contribution in [0.5, 0.6) is 17.2 Å². The van der Waals surface area contributed by atoms with E-state index in [0.29, 0.717) is 0 Å². The van der Waals surface area contributed by atoms with Crippen molar-refractivity contribution in [2.24, 2.45) is 10.2 Å². The number of phenolic OH excluding ortho intramolecular Hbond substituents is 2. The Labute approximate surface area is 278 Å². The second-order valence-corrected chi connectivity index (χ2v) is 15.5. The Morgan fingerprint density at radius 2 is 1.66 bits per heavy atom. The summed E-state index contributed by atoms with van der Waals surface area (Å²) in [4.78, 5) is -0.450. The first kappa shape index (κ1) is 34.3. The number of fused-ring (bicyclic) bond motifs is 1. The lowest BCUT2D eigenvalue weighted by molar-refractivity contribution is 0.0730. The minimum atomic E-state index is -4.23. The van der Waals surface area contributed by atoms with E-state index in [-0.39, 0.29) is 76.3 Å². The van der Waals surface area contributed by atoms with Gasteiger partial charge in [-0.15, -0.1) is 5.11 Å². The van der Waals surface area contributed by atoms with Crippen molar-refractivity contribution in [2.75, 3.05) is 42.0 Å². The highest BCUT2D eigenvalue weighted by atomic mass is 35.5. The fourth-order valence-corrected chi connectivity index (χ4v) is 7.69. The molecule has 0 aromatic heterocycles. The molecule has 47 heavy (non-hydrogen) atoms. The first-order valence-corrected chi connectivity index (χ1v) is 18.6. The topological polar surface area (TPSA) is 196 Å². The van der Waals surface area contributed by atoms with E-state index in [0.717, 1.165) is 23.4 Å². The number of rotatable bonds is 10. The predicted molar refractivity (Wildman–Crippen MR) is 179 cm³/mol. The Morgan fingerprint density at radius 1 is 0.957 bits per heavy atom. The van der Waals surface area contributed by atoms with Crippen molar-refractivity contribution in [3.05, 3.63) is 70.7 Å². The predicted octanol–water partition coefficient (Wildman–Crippen LogP) is 5.40. The fraction of sp³-hybridized carbons (Fsp3) is 0.241. The zero-order chi connectivity index (χ0) is 34.1. The number of phenols is 2. The molecule has 1 aliphatic heterocycles. The number of anilines is 2. The summed E-state index contributed by atoms with van der Waals surface area (Å²) in [7, 11) is -8.03. The second kappa shape index (κ2) is 13.6. The molecular formula is C29H30ClN5O9S3. The Kier molecular flexibility index (Phi) is 9.95. The van der Waals surface area contributed by atoms with Gasteiger partial charge in [-0.05, 0) is 61.4 Å². The largest absolute Gasteiger partial charge is 0.506 e. The van der Waals surface area contributed by atoms with E-state index in [4.69, 9.17) is 20.5 Å². The lowest BCUT2D eigenvalue weighted by atomic mass is 10.1. The number of hydrogen-bond donors (Lipinski definition) is 4. The monoisotopic (exact) mass is 723 g/mol.